The van der Waals surface area contributed by atoms with E-state index in [-0.39, 0.29) is 29.4 Å². The number of aromatic amines is 1. The molecule has 1 amide bonds. The molecule has 35 heavy (non-hydrogen) atoms. The SMILES string of the molecule is Cc1cc(Nc2cc(-c3ccc(F)c(N4Cc5cc(C(C)(C)C)sc5C4=O)n3)n[nH]c2=O)nn1C. The van der Waals surface area contributed by atoms with Crippen molar-refractivity contribution in [3.63, 3.8) is 0 Å². The lowest BCUT2D eigenvalue weighted by atomic mass is 9.94. The zero-order valence-corrected chi connectivity index (χ0v) is 20.7. The predicted molar refractivity (Wildman–Crippen MR) is 133 cm³/mol. The van der Waals surface area contributed by atoms with Crippen LogP contribution >= 0.6 is 11.3 Å². The van der Waals surface area contributed by atoms with Crippen LogP contribution in [0.2, 0.25) is 0 Å². The van der Waals surface area contributed by atoms with Gasteiger partial charge in [0.2, 0.25) is 0 Å². The summed E-state index contributed by atoms with van der Waals surface area (Å²) >= 11 is 1.44. The first-order valence-electron chi connectivity index (χ1n) is 11.0. The van der Waals surface area contributed by atoms with E-state index in [1.54, 1.807) is 17.8 Å². The number of hydrogen-bond acceptors (Lipinski definition) is 7. The third-order valence-electron chi connectivity index (χ3n) is 5.84. The van der Waals surface area contributed by atoms with Crippen molar-refractivity contribution in [3.8, 4) is 11.4 Å². The Labute approximate surface area is 204 Å². The molecule has 1 aliphatic rings. The number of pyridine rings is 1. The van der Waals surface area contributed by atoms with Crippen LogP contribution in [0.3, 0.4) is 0 Å². The third-order valence-corrected chi connectivity index (χ3v) is 7.43. The van der Waals surface area contributed by atoms with Crippen LogP contribution in [0.1, 0.15) is 46.6 Å². The second kappa shape index (κ2) is 8.12. The first-order chi connectivity index (χ1) is 16.5. The lowest BCUT2D eigenvalue weighted by Crippen LogP contribution is -2.25. The van der Waals surface area contributed by atoms with E-state index >= 15 is 0 Å². The molecular formula is C24H24FN7O2S. The van der Waals surface area contributed by atoms with E-state index in [0.29, 0.717) is 22.1 Å². The maximum absolute atomic E-state index is 14.8. The van der Waals surface area contributed by atoms with Gasteiger partial charge in [-0.25, -0.2) is 14.5 Å². The summed E-state index contributed by atoms with van der Waals surface area (Å²) in [5.41, 5.74) is 2.13. The highest BCUT2D eigenvalue weighted by Gasteiger charge is 2.35. The molecule has 0 unspecified atom stereocenters. The second-order valence-corrected chi connectivity index (χ2v) is 10.6. The minimum atomic E-state index is -0.611. The molecule has 0 bridgehead atoms. The number of anilines is 3. The van der Waals surface area contributed by atoms with Gasteiger partial charge in [0.25, 0.3) is 11.5 Å². The van der Waals surface area contributed by atoms with Gasteiger partial charge in [0.15, 0.2) is 17.5 Å². The molecule has 0 aliphatic carbocycles. The number of rotatable bonds is 4. The number of fused-ring (bicyclic) bond motifs is 1. The van der Waals surface area contributed by atoms with Crippen molar-refractivity contribution >= 4 is 34.6 Å². The van der Waals surface area contributed by atoms with E-state index in [4.69, 9.17) is 0 Å². The van der Waals surface area contributed by atoms with Crippen LogP contribution < -0.4 is 15.8 Å². The molecule has 4 aromatic rings. The summed E-state index contributed by atoms with van der Waals surface area (Å²) in [6.07, 6.45) is 0. The number of H-pyrrole nitrogens is 1. The number of amides is 1. The molecule has 0 atom stereocenters. The molecule has 0 aromatic carbocycles. The Balaban J connectivity index is 1.46. The normalized spacial score (nSPS) is 13.4. The molecule has 5 rings (SSSR count). The van der Waals surface area contributed by atoms with Crippen molar-refractivity contribution in [3.05, 3.63) is 67.5 Å². The van der Waals surface area contributed by atoms with Crippen LogP contribution in [0.25, 0.3) is 11.4 Å². The molecule has 0 saturated heterocycles. The minimum absolute atomic E-state index is 0.0703. The van der Waals surface area contributed by atoms with Gasteiger partial charge in [0, 0.05) is 23.7 Å². The van der Waals surface area contributed by atoms with Gasteiger partial charge in [-0.15, -0.1) is 11.3 Å². The standard InChI is InChI=1S/C24H24FN7O2S/c1-12-8-19(30-31(12)5)26-17-10-16(28-29-22(17)33)15-7-6-14(25)21(27-15)32-11-13-9-18(24(2,3)4)35-20(13)23(32)34/h6-10H,11H2,1-5H3,(H,29,33)(H,26,28,30). The minimum Gasteiger partial charge on any atom is -0.334 e. The van der Waals surface area contributed by atoms with Gasteiger partial charge in [-0.3, -0.25) is 19.2 Å². The molecule has 5 heterocycles. The number of nitrogens with one attached hydrogen (secondary N) is 2. The number of halogens is 1. The summed E-state index contributed by atoms with van der Waals surface area (Å²) in [7, 11) is 1.80. The summed E-state index contributed by atoms with van der Waals surface area (Å²) in [4.78, 5) is 32.9. The van der Waals surface area contributed by atoms with Crippen LogP contribution in [-0.2, 0) is 19.0 Å². The van der Waals surface area contributed by atoms with Gasteiger partial charge in [-0.1, -0.05) is 20.8 Å². The topological polar surface area (TPSA) is 109 Å². The molecule has 0 saturated carbocycles. The van der Waals surface area contributed by atoms with Crippen LogP contribution in [0, 0.1) is 12.7 Å². The monoisotopic (exact) mass is 493 g/mol. The van der Waals surface area contributed by atoms with E-state index in [2.05, 4.69) is 46.4 Å². The Hall–Kier alpha value is -3.86. The van der Waals surface area contributed by atoms with Crippen molar-refractivity contribution in [1.29, 1.82) is 0 Å². The molecule has 0 fully saturated rings. The zero-order chi connectivity index (χ0) is 25.1. The molecule has 4 aromatic heterocycles. The largest absolute Gasteiger partial charge is 0.334 e. The summed E-state index contributed by atoms with van der Waals surface area (Å²) in [5.74, 6) is -0.453. The Morgan fingerprint density at radius 3 is 2.57 bits per heavy atom. The fourth-order valence-electron chi connectivity index (χ4n) is 3.79. The highest BCUT2D eigenvalue weighted by Crippen LogP contribution is 2.39. The van der Waals surface area contributed by atoms with Crippen molar-refractivity contribution in [2.45, 2.75) is 39.7 Å². The summed E-state index contributed by atoms with van der Waals surface area (Å²) in [6.45, 7) is 8.43. The molecule has 2 N–H and O–H groups in total. The average molecular weight is 494 g/mol. The molecule has 0 radical (unpaired) electrons. The zero-order valence-electron chi connectivity index (χ0n) is 19.9. The number of thiophene rings is 1. The van der Waals surface area contributed by atoms with E-state index < -0.39 is 11.4 Å². The van der Waals surface area contributed by atoms with E-state index in [1.807, 2.05) is 13.0 Å². The Morgan fingerprint density at radius 2 is 1.91 bits per heavy atom. The van der Waals surface area contributed by atoms with Gasteiger partial charge in [0.1, 0.15) is 11.4 Å². The van der Waals surface area contributed by atoms with Crippen molar-refractivity contribution in [2.24, 2.45) is 7.05 Å². The van der Waals surface area contributed by atoms with Crippen molar-refractivity contribution in [1.82, 2.24) is 25.0 Å². The Kier molecular flexibility index (Phi) is 5.32. The lowest BCUT2D eigenvalue weighted by molar-refractivity contribution is 0.0998. The summed E-state index contributed by atoms with van der Waals surface area (Å²) in [6, 6.07) is 8.05. The molecule has 180 valence electrons. The van der Waals surface area contributed by atoms with Crippen LogP contribution in [-0.4, -0.2) is 30.9 Å². The fourth-order valence-corrected chi connectivity index (χ4v) is 4.96. The maximum Gasteiger partial charge on any atom is 0.287 e. The highest BCUT2D eigenvalue weighted by atomic mass is 32.1. The van der Waals surface area contributed by atoms with Gasteiger partial charge >= 0.3 is 0 Å². The summed E-state index contributed by atoms with van der Waals surface area (Å²) < 4.78 is 16.5. The molecule has 0 spiro atoms. The first-order valence-corrected chi connectivity index (χ1v) is 11.8. The number of hydrogen-bond donors (Lipinski definition) is 2. The van der Waals surface area contributed by atoms with Crippen LogP contribution in [0.5, 0.6) is 0 Å². The first kappa shape index (κ1) is 22.9. The lowest BCUT2D eigenvalue weighted by Gasteiger charge is -2.18. The van der Waals surface area contributed by atoms with Gasteiger partial charge in [0.05, 0.1) is 17.1 Å². The van der Waals surface area contributed by atoms with Gasteiger partial charge in [-0.2, -0.15) is 10.2 Å². The number of carbonyl (C=O) groups is 1. The number of carbonyl (C=O) groups excluding carboxylic acids is 1. The molecule has 11 heteroatoms. The summed E-state index contributed by atoms with van der Waals surface area (Å²) in [5, 5.41) is 13.8. The van der Waals surface area contributed by atoms with Crippen LogP contribution in [0.4, 0.5) is 21.7 Å². The smallest absolute Gasteiger partial charge is 0.287 e. The van der Waals surface area contributed by atoms with E-state index in [1.165, 1.54) is 34.4 Å². The maximum atomic E-state index is 14.8. The number of nitrogens with zero attached hydrogens (tertiary/aromatic N) is 5. The van der Waals surface area contributed by atoms with Crippen LogP contribution in [0.15, 0.2) is 35.1 Å². The quantitative estimate of drug-likeness (QED) is 0.439. The number of aryl methyl sites for hydroxylation is 2. The second-order valence-electron chi connectivity index (χ2n) is 9.52. The molecule has 1 aliphatic heterocycles. The van der Waals surface area contributed by atoms with E-state index in [0.717, 1.165) is 16.1 Å². The Morgan fingerprint density at radius 1 is 1.14 bits per heavy atom. The average Bonchev–Trinajstić information content (AvgIpc) is 3.44. The van der Waals surface area contributed by atoms with Crippen molar-refractivity contribution in [2.75, 3.05) is 10.2 Å². The van der Waals surface area contributed by atoms with E-state index in [9.17, 15) is 14.0 Å². The van der Waals surface area contributed by atoms with Gasteiger partial charge in [-0.05, 0) is 42.2 Å². The third kappa shape index (κ3) is 4.12. The fraction of sp³-hybridized carbons (Fsp3) is 0.292. The molecule has 9 nitrogen and oxygen atoms in total. The molecular weight excluding hydrogens is 469 g/mol. The Bertz CT molecular complexity index is 1510. The highest BCUT2D eigenvalue weighted by molar-refractivity contribution is 7.14. The van der Waals surface area contributed by atoms with Crippen molar-refractivity contribution < 1.29 is 9.18 Å². The number of aromatic nitrogens is 5. The van der Waals surface area contributed by atoms with Gasteiger partial charge < -0.3 is 5.32 Å². The predicted octanol–water partition coefficient (Wildman–Crippen LogP) is 4.28.